The number of aromatic nitrogens is 3. The highest BCUT2D eigenvalue weighted by atomic mass is 16.1. The number of rotatable bonds is 2. The molecular formula is C13H10N4O. The topological polar surface area (TPSA) is 70.7 Å². The van der Waals surface area contributed by atoms with Gasteiger partial charge < -0.3 is 5.32 Å². The van der Waals surface area contributed by atoms with Crippen LogP contribution in [0.4, 0.5) is 5.69 Å². The van der Waals surface area contributed by atoms with Crippen LogP contribution in [0.25, 0.3) is 10.9 Å². The van der Waals surface area contributed by atoms with Gasteiger partial charge in [-0.3, -0.25) is 14.9 Å². The number of fused-ring (bicyclic) bond motifs is 1. The third kappa shape index (κ3) is 1.93. The van der Waals surface area contributed by atoms with E-state index in [0.29, 0.717) is 5.69 Å². The van der Waals surface area contributed by atoms with Crippen LogP contribution in [-0.4, -0.2) is 21.1 Å². The normalized spacial score (nSPS) is 10.4. The number of carbonyl (C=O) groups excluding carboxylic acids is 1. The smallest absolute Gasteiger partial charge is 0.274 e. The van der Waals surface area contributed by atoms with Crippen molar-refractivity contribution in [3.8, 4) is 0 Å². The lowest BCUT2D eigenvalue weighted by Gasteiger charge is -2.04. The van der Waals surface area contributed by atoms with Gasteiger partial charge in [-0.05, 0) is 30.3 Å². The Kier molecular flexibility index (Phi) is 2.49. The fourth-order valence-electron chi connectivity index (χ4n) is 1.71. The van der Waals surface area contributed by atoms with Crippen LogP contribution in [0.2, 0.25) is 0 Å². The monoisotopic (exact) mass is 238 g/mol. The molecular weight excluding hydrogens is 228 g/mol. The van der Waals surface area contributed by atoms with Gasteiger partial charge in [0.1, 0.15) is 5.69 Å². The molecule has 0 radical (unpaired) electrons. The summed E-state index contributed by atoms with van der Waals surface area (Å²) in [6.07, 6.45) is 3.31. The van der Waals surface area contributed by atoms with Gasteiger partial charge >= 0.3 is 0 Å². The number of hydrogen-bond donors (Lipinski definition) is 2. The predicted molar refractivity (Wildman–Crippen MR) is 68.3 cm³/mol. The van der Waals surface area contributed by atoms with Crippen LogP contribution >= 0.6 is 0 Å². The summed E-state index contributed by atoms with van der Waals surface area (Å²) in [7, 11) is 0. The van der Waals surface area contributed by atoms with Crippen LogP contribution in [0.15, 0.2) is 48.8 Å². The summed E-state index contributed by atoms with van der Waals surface area (Å²) < 4.78 is 0. The van der Waals surface area contributed by atoms with E-state index in [2.05, 4.69) is 20.5 Å². The van der Waals surface area contributed by atoms with Crippen LogP contribution < -0.4 is 5.32 Å². The van der Waals surface area contributed by atoms with E-state index in [9.17, 15) is 4.79 Å². The molecule has 0 fully saturated rings. The number of carbonyl (C=O) groups is 1. The number of aromatic amines is 1. The lowest BCUT2D eigenvalue weighted by atomic mass is 10.2. The quantitative estimate of drug-likeness (QED) is 0.719. The molecule has 3 aromatic rings. The lowest BCUT2D eigenvalue weighted by Crippen LogP contribution is -2.13. The van der Waals surface area contributed by atoms with E-state index in [1.807, 2.05) is 18.2 Å². The molecule has 0 aliphatic heterocycles. The average Bonchev–Trinajstić information content (AvgIpc) is 2.87. The second kappa shape index (κ2) is 4.29. The largest absolute Gasteiger partial charge is 0.321 e. The van der Waals surface area contributed by atoms with Gasteiger partial charge in [-0.15, -0.1) is 0 Å². The molecule has 1 amide bonds. The van der Waals surface area contributed by atoms with Crippen molar-refractivity contribution in [1.29, 1.82) is 0 Å². The number of nitrogens with zero attached hydrogens (tertiary/aromatic N) is 2. The Balaban J connectivity index is 1.86. The highest BCUT2D eigenvalue weighted by molar-refractivity contribution is 6.03. The molecule has 0 spiro atoms. The first-order valence-corrected chi connectivity index (χ1v) is 5.48. The van der Waals surface area contributed by atoms with E-state index in [-0.39, 0.29) is 5.91 Å². The van der Waals surface area contributed by atoms with Crippen LogP contribution in [0.1, 0.15) is 10.5 Å². The highest BCUT2D eigenvalue weighted by Gasteiger charge is 2.07. The molecule has 88 valence electrons. The Morgan fingerprint density at radius 2 is 2.17 bits per heavy atom. The van der Waals surface area contributed by atoms with Gasteiger partial charge in [-0.2, -0.15) is 5.10 Å². The first-order valence-electron chi connectivity index (χ1n) is 5.48. The Labute approximate surface area is 103 Å². The van der Waals surface area contributed by atoms with Gasteiger partial charge in [0.25, 0.3) is 5.91 Å². The minimum Gasteiger partial charge on any atom is -0.321 e. The summed E-state index contributed by atoms with van der Waals surface area (Å²) in [5, 5.41) is 10.5. The van der Waals surface area contributed by atoms with E-state index >= 15 is 0 Å². The fourth-order valence-corrected chi connectivity index (χ4v) is 1.71. The number of amides is 1. The molecule has 2 heterocycles. The maximum Gasteiger partial charge on any atom is 0.274 e. The molecule has 0 aliphatic rings. The SMILES string of the molecule is O=C(Nc1ccc2[nH]ncc2c1)c1ccccn1. The van der Waals surface area contributed by atoms with Crippen molar-refractivity contribution >= 4 is 22.5 Å². The summed E-state index contributed by atoms with van der Waals surface area (Å²) in [6, 6.07) is 10.8. The molecule has 0 saturated heterocycles. The third-order valence-corrected chi connectivity index (χ3v) is 2.60. The van der Waals surface area contributed by atoms with Crippen molar-refractivity contribution in [3.63, 3.8) is 0 Å². The molecule has 0 bridgehead atoms. The molecule has 0 atom stereocenters. The average molecular weight is 238 g/mol. The number of anilines is 1. The standard InChI is InChI=1S/C13H10N4O/c18-13(12-3-1-2-6-14-12)16-10-4-5-11-9(7-10)8-15-17-11/h1-8H,(H,15,17)(H,16,18). The Bertz CT molecular complexity index is 690. The second-order valence-electron chi connectivity index (χ2n) is 3.84. The van der Waals surface area contributed by atoms with Gasteiger partial charge in [-0.25, -0.2) is 0 Å². The number of hydrogen-bond acceptors (Lipinski definition) is 3. The first kappa shape index (κ1) is 10.5. The van der Waals surface area contributed by atoms with Crippen LogP contribution in [0, 0.1) is 0 Å². The summed E-state index contributed by atoms with van der Waals surface area (Å²) in [5.74, 6) is -0.224. The van der Waals surface area contributed by atoms with Crippen molar-refractivity contribution < 1.29 is 4.79 Å². The second-order valence-corrected chi connectivity index (χ2v) is 3.84. The van der Waals surface area contributed by atoms with E-state index in [0.717, 1.165) is 16.6 Å². The van der Waals surface area contributed by atoms with Crippen molar-refractivity contribution in [2.24, 2.45) is 0 Å². The van der Waals surface area contributed by atoms with E-state index < -0.39 is 0 Å². The third-order valence-electron chi connectivity index (χ3n) is 2.60. The van der Waals surface area contributed by atoms with E-state index in [4.69, 9.17) is 0 Å². The number of H-pyrrole nitrogens is 1. The van der Waals surface area contributed by atoms with Crippen LogP contribution in [0.3, 0.4) is 0 Å². The van der Waals surface area contributed by atoms with Gasteiger partial charge in [0.05, 0.1) is 11.7 Å². The molecule has 2 N–H and O–H groups in total. The highest BCUT2D eigenvalue weighted by Crippen LogP contribution is 2.17. The van der Waals surface area contributed by atoms with Gasteiger partial charge in [-0.1, -0.05) is 6.07 Å². The van der Waals surface area contributed by atoms with Gasteiger partial charge in [0.15, 0.2) is 0 Å². The molecule has 1 aromatic carbocycles. The van der Waals surface area contributed by atoms with E-state index in [1.165, 1.54) is 0 Å². The Hall–Kier alpha value is -2.69. The molecule has 0 aliphatic carbocycles. The summed E-state index contributed by atoms with van der Waals surface area (Å²) in [4.78, 5) is 15.9. The number of pyridine rings is 1. The molecule has 5 nitrogen and oxygen atoms in total. The maximum absolute atomic E-state index is 11.9. The van der Waals surface area contributed by atoms with Crippen LogP contribution in [-0.2, 0) is 0 Å². The lowest BCUT2D eigenvalue weighted by molar-refractivity contribution is 0.102. The summed E-state index contributed by atoms with van der Waals surface area (Å²) in [5.41, 5.74) is 2.05. The Morgan fingerprint density at radius 1 is 1.22 bits per heavy atom. The fraction of sp³-hybridized carbons (Fsp3) is 0. The minimum atomic E-state index is -0.224. The summed E-state index contributed by atoms with van der Waals surface area (Å²) >= 11 is 0. The molecule has 3 rings (SSSR count). The predicted octanol–water partition coefficient (Wildman–Crippen LogP) is 2.21. The maximum atomic E-state index is 11.9. The Morgan fingerprint density at radius 3 is 3.00 bits per heavy atom. The minimum absolute atomic E-state index is 0.224. The van der Waals surface area contributed by atoms with Crippen molar-refractivity contribution in [3.05, 3.63) is 54.5 Å². The van der Waals surface area contributed by atoms with Crippen molar-refractivity contribution in [1.82, 2.24) is 15.2 Å². The van der Waals surface area contributed by atoms with Crippen molar-refractivity contribution in [2.45, 2.75) is 0 Å². The molecule has 2 aromatic heterocycles. The molecule has 5 heteroatoms. The number of benzene rings is 1. The zero-order valence-corrected chi connectivity index (χ0v) is 9.42. The van der Waals surface area contributed by atoms with Gasteiger partial charge in [0, 0.05) is 17.3 Å². The molecule has 0 saturated carbocycles. The van der Waals surface area contributed by atoms with Crippen molar-refractivity contribution in [2.75, 3.05) is 5.32 Å². The zero-order valence-electron chi connectivity index (χ0n) is 9.42. The molecule has 18 heavy (non-hydrogen) atoms. The van der Waals surface area contributed by atoms with Crippen LogP contribution in [0.5, 0.6) is 0 Å². The summed E-state index contributed by atoms with van der Waals surface area (Å²) in [6.45, 7) is 0. The van der Waals surface area contributed by atoms with Gasteiger partial charge in [0.2, 0.25) is 0 Å². The molecule has 0 unspecified atom stereocenters. The zero-order chi connectivity index (χ0) is 12.4. The first-order chi connectivity index (χ1) is 8.83. The number of nitrogens with one attached hydrogen (secondary N) is 2. The van der Waals surface area contributed by atoms with E-state index in [1.54, 1.807) is 30.6 Å².